The highest BCUT2D eigenvalue weighted by Gasteiger charge is 2.26. The van der Waals surface area contributed by atoms with Gasteiger partial charge in [-0.05, 0) is 25.8 Å². The highest BCUT2D eigenvalue weighted by molar-refractivity contribution is 5.83. The van der Waals surface area contributed by atoms with Gasteiger partial charge in [0.1, 0.15) is 5.82 Å². The highest BCUT2D eigenvalue weighted by atomic mass is 16.1. The van der Waals surface area contributed by atoms with Gasteiger partial charge in [-0.1, -0.05) is 0 Å². The van der Waals surface area contributed by atoms with Gasteiger partial charge in [-0.25, -0.2) is 4.98 Å². The Balaban J connectivity index is 2.45. The average molecular weight is 215 g/mol. The van der Waals surface area contributed by atoms with Crippen molar-refractivity contribution in [2.45, 2.75) is 25.8 Å². The van der Waals surface area contributed by atoms with Gasteiger partial charge in [-0.2, -0.15) is 0 Å². The zero-order valence-corrected chi connectivity index (χ0v) is 9.10. The van der Waals surface area contributed by atoms with Gasteiger partial charge >= 0.3 is 0 Å². The van der Waals surface area contributed by atoms with Crippen molar-refractivity contribution in [2.75, 3.05) is 5.73 Å². The maximum Gasteiger partial charge on any atom is 0.251 e. The van der Waals surface area contributed by atoms with Crippen molar-refractivity contribution in [3.8, 4) is 0 Å². The van der Waals surface area contributed by atoms with E-state index in [-0.39, 0.29) is 5.56 Å². The maximum absolute atomic E-state index is 11.8. The smallest absolute Gasteiger partial charge is 0.251 e. The summed E-state index contributed by atoms with van der Waals surface area (Å²) in [5.41, 5.74) is 7.59. The van der Waals surface area contributed by atoms with Crippen LogP contribution in [0, 0.1) is 6.92 Å². The van der Waals surface area contributed by atoms with Gasteiger partial charge in [0, 0.05) is 29.3 Å². The zero-order valence-electron chi connectivity index (χ0n) is 9.10. The molecule has 0 aliphatic heterocycles. The molecule has 1 saturated carbocycles. The first-order valence-electron chi connectivity index (χ1n) is 5.45. The minimum Gasteiger partial charge on any atom is -0.384 e. The number of anilines is 1. The fourth-order valence-corrected chi connectivity index (χ4v) is 2.16. The van der Waals surface area contributed by atoms with Crippen LogP contribution in [-0.4, -0.2) is 9.55 Å². The molecule has 2 aromatic heterocycles. The molecule has 2 N–H and O–H groups in total. The summed E-state index contributed by atoms with van der Waals surface area (Å²) in [4.78, 5) is 16.1. The van der Waals surface area contributed by atoms with Crippen molar-refractivity contribution >= 4 is 16.7 Å². The molecule has 0 saturated heterocycles. The predicted octanol–water partition coefficient (Wildman–Crippen LogP) is 1.62. The van der Waals surface area contributed by atoms with Crippen LogP contribution in [0.5, 0.6) is 0 Å². The molecule has 1 aliphatic carbocycles. The molecule has 1 aliphatic rings. The van der Waals surface area contributed by atoms with Crippen molar-refractivity contribution in [1.82, 2.24) is 9.55 Å². The summed E-state index contributed by atoms with van der Waals surface area (Å²) in [6.07, 6.45) is 2.17. The molecule has 4 heteroatoms. The number of aromatic nitrogens is 2. The van der Waals surface area contributed by atoms with Crippen molar-refractivity contribution in [2.24, 2.45) is 0 Å². The molecule has 4 nitrogen and oxygen atoms in total. The number of nitrogens with two attached hydrogens (primary N) is 1. The van der Waals surface area contributed by atoms with Crippen LogP contribution in [0.1, 0.15) is 24.6 Å². The van der Waals surface area contributed by atoms with Gasteiger partial charge < -0.3 is 10.3 Å². The Bertz CT molecular complexity index is 626. The van der Waals surface area contributed by atoms with E-state index >= 15 is 0 Å². The molecule has 3 rings (SSSR count). The molecule has 1 fully saturated rings. The van der Waals surface area contributed by atoms with E-state index in [1.165, 1.54) is 0 Å². The zero-order chi connectivity index (χ0) is 11.3. The van der Waals surface area contributed by atoms with Crippen LogP contribution in [0.15, 0.2) is 23.0 Å². The molecule has 82 valence electrons. The Kier molecular flexibility index (Phi) is 1.80. The van der Waals surface area contributed by atoms with E-state index in [9.17, 15) is 4.79 Å². The number of pyridine rings is 2. The first-order chi connectivity index (χ1) is 7.66. The fourth-order valence-electron chi connectivity index (χ4n) is 2.16. The number of nitrogen functional groups attached to an aromatic ring is 1. The Labute approximate surface area is 92.7 Å². The number of rotatable bonds is 1. The number of hydrogen-bond donors (Lipinski definition) is 1. The minimum absolute atomic E-state index is 0.0556. The summed E-state index contributed by atoms with van der Waals surface area (Å²) in [7, 11) is 0. The Morgan fingerprint density at radius 3 is 2.88 bits per heavy atom. The molecular formula is C12H13N3O. The van der Waals surface area contributed by atoms with Crippen molar-refractivity contribution in [1.29, 1.82) is 0 Å². The van der Waals surface area contributed by atoms with E-state index in [1.807, 2.05) is 17.6 Å². The standard InChI is InChI=1S/C12H13N3O/c1-7-9-4-5-12(16)15(8-2-3-8)10(9)6-11(13)14-7/h4-6,8H,2-3H2,1H3,(H2,13,14). The van der Waals surface area contributed by atoms with E-state index in [2.05, 4.69) is 4.98 Å². The van der Waals surface area contributed by atoms with E-state index in [4.69, 9.17) is 5.73 Å². The lowest BCUT2D eigenvalue weighted by molar-refractivity contribution is 0.739. The number of nitrogens with zero attached hydrogens (tertiary/aromatic N) is 2. The highest BCUT2D eigenvalue weighted by Crippen LogP contribution is 2.36. The van der Waals surface area contributed by atoms with E-state index in [0.29, 0.717) is 11.9 Å². The van der Waals surface area contributed by atoms with E-state index in [0.717, 1.165) is 29.4 Å². The number of aryl methyl sites for hydroxylation is 1. The fraction of sp³-hybridized carbons (Fsp3) is 0.333. The van der Waals surface area contributed by atoms with Crippen LogP contribution in [0.3, 0.4) is 0 Å². The Hall–Kier alpha value is -1.84. The summed E-state index contributed by atoms with van der Waals surface area (Å²) in [6, 6.07) is 5.60. The molecule has 0 aromatic carbocycles. The van der Waals surface area contributed by atoms with Gasteiger partial charge in [0.15, 0.2) is 0 Å². The molecule has 16 heavy (non-hydrogen) atoms. The monoisotopic (exact) mass is 215 g/mol. The summed E-state index contributed by atoms with van der Waals surface area (Å²) >= 11 is 0. The topological polar surface area (TPSA) is 60.9 Å². The minimum atomic E-state index is 0.0556. The molecule has 0 radical (unpaired) electrons. The van der Waals surface area contributed by atoms with Gasteiger partial charge in [0.05, 0.1) is 5.52 Å². The van der Waals surface area contributed by atoms with Gasteiger partial charge in [-0.3, -0.25) is 4.79 Å². The molecule has 2 aromatic rings. The van der Waals surface area contributed by atoms with Crippen LogP contribution in [-0.2, 0) is 0 Å². The van der Waals surface area contributed by atoms with Crippen LogP contribution in [0.4, 0.5) is 5.82 Å². The molecule has 0 amide bonds. The number of fused-ring (bicyclic) bond motifs is 1. The second-order valence-corrected chi connectivity index (χ2v) is 4.34. The largest absolute Gasteiger partial charge is 0.384 e. The van der Waals surface area contributed by atoms with Crippen molar-refractivity contribution < 1.29 is 0 Å². The third-order valence-corrected chi connectivity index (χ3v) is 3.05. The second-order valence-electron chi connectivity index (χ2n) is 4.34. The molecular weight excluding hydrogens is 202 g/mol. The average Bonchev–Trinajstić information content (AvgIpc) is 3.00. The third-order valence-electron chi connectivity index (χ3n) is 3.05. The molecule has 0 unspecified atom stereocenters. The molecule has 2 heterocycles. The SMILES string of the molecule is Cc1nc(N)cc2c1ccc(=O)n2C1CC1. The van der Waals surface area contributed by atoms with Gasteiger partial charge in [-0.15, -0.1) is 0 Å². The summed E-state index contributed by atoms with van der Waals surface area (Å²) in [5.74, 6) is 0.477. The first kappa shape index (κ1) is 9.39. The van der Waals surface area contributed by atoms with Gasteiger partial charge in [0.2, 0.25) is 0 Å². The first-order valence-corrected chi connectivity index (χ1v) is 5.45. The van der Waals surface area contributed by atoms with E-state index in [1.54, 1.807) is 12.1 Å². The number of hydrogen-bond acceptors (Lipinski definition) is 3. The summed E-state index contributed by atoms with van der Waals surface area (Å²) in [6.45, 7) is 1.92. The maximum atomic E-state index is 11.8. The normalized spacial score (nSPS) is 15.6. The van der Waals surface area contributed by atoms with Gasteiger partial charge in [0.25, 0.3) is 5.56 Å². The van der Waals surface area contributed by atoms with Crippen molar-refractivity contribution in [3.05, 3.63) is 34.2 Å². The van der Waals surface area contributed by atoms with E-state index < -0.39 is 0 Å². The third kappa shape index (κ3) is 1.30. The molecule has 0 bridgehead atoms. The van der Waals surface area contributed by atoms with Crippen molar-refractivity contribution in [3.63, 3.8) is 0 Å². The summed E-state index contributed by atoms with van der Waals surface area (Å²) < 4.78 is 1.85. The van der Waals surface area contributed by atoms with Crippen LogP contribution in [0.25, 0.3) is 10.9 Å². The lowest BCUT2D eigenvalue weighted by Gasteiger charge is -2.10. The lowest BCUT2D eigenvalue weighted by Crippen LogP contribution is -2.18. The second kappa shape index (κ2) is 3.07. The quantitative estimate of drug-likeness (QED) is 0.786. The van der Waals surface area contributed by atoms with Crippen LogP contribution >= 0.6 is 0 Å². The van der Waals surface area contributed by atoms with Crippen LogP contribution in [0.2, 0.25) is 0 Å². The molecule has 0 atom stereocenters. The Morgan fingerprint density at radius 1 is 1.44 bits per heavy atom. The Morgan fingerprint density at radius 2 is 2.19 bits per heavy atom. The van der Waals surface area contributed by atoms with Crippen LogP contribution < -0.4 is 11.3 Å². The predicted molar refractivity (Wildman–Crippen MR) is 63.4 cm³/mol. The summed E-state index contributed by atoms with van der Waals surface area (Å²) in [5, 5.41) is 1.01. The lowest BCUT2D eigenvalue weighted by atomic mass is 10.2. The molecule has 0 spiro atoms.